The third kappa shape index (κ3) is 6.84. The maximum Gasteiger partial charge on any atom is 0.291 e. The van der Waals surface area contributed by atoms with Crippen LogP contribution in [0.4, 0.5) is 5.69 Å². The molecule has 140 valence electrons. The predicted octanol–water partition coefficient (Wildman–Crippen LogP) is 3.34. The molecule has 0 saturated carbocycles. The number of nitrogens with zero attached hydrogens (tertiary/aromatic N) is 1. The van der Waals surface area contributed by atoms with Gasteiger partial charge in [0.05, 0.1) is 6.26 Å². The molecule has 1 amide bonds. The molecule has 0 unspecified atom stereocenters. The first-order chi connectivity index (χ1) is 12.7. The Labute approximate surface area is 158 Å². The topological polar surface area (TPSA) is 78.7 Å². The summed E-state index contributed by atoms with van der Waals surface area (Å²) < 4.78 is 5.08. The van der Waals surface area contributed by atoms with E-state index in [1.807, 2.05) is 36.0 Å². The van der Waals surface area contributed by atoms with E-state index in [0.717, 1.165) is 30.2 Å². The van der Waals surface area contributed by atoms with Gasteiger partial charge >= 0.3 is 0 Å². The highest BCUT2D eigenvalue weighted by molar-refractivity contribution is 7.98. The Balaban J connectivity index is 1.74. The summed E-state index contributed by atoms with van der Waals surface area (Å²) in [4.78, 5) is 16.2. The molecule has 7 heteroatoms. The molecule has 6 nitrogen and oxygen atoms in total. The average molecular weight is 375 g/mol. The van der Waals surface area contributed by atoms with Crippen molar-refractivity contribution in [1.82, 2.24) is 10.6 Å². The van der Waals surface area contributed by atoms with Crippen molar-refractivity contribution >= 4 is 29.3 Å². The van der Waals surface area contributed by atoms with E-state index in [9.17, 15) is 4.79 Å². The lowest BCUT2D eigenvalue weighted by Crippen LogP contribution is -2.37. The molecule has 1 heterocycles. The molecular weight excluding hydrogens is 348 g/mol. The minimum Gasteiger partial charge on any atom is -0.459 e. The van der Waals surface area contributed by atoms with Crippen LogP contribution >= 0.6 is 11.8 Å². The lowest BCUT2D eigenvalue weighted by atomic mass is 10.2. The van der Waals surface area contributed by atoms with Crippen molar-refractivity contribution in [2.75, 3.05) is 30.9 Å². The van der Waals surface area contributed by atoms with E-state index in [2.05, 4.69) is 27.2 Å². The van der Waals surface area contributed by atoms with Crippen molar-refractivity contribution in [2.24, 2.45) is 4.99 Å². The Kier molecular flexibility index (Phi) is 8.62. The Morgan fingerprint density at radius 1 is 1.15 bits per heavy atom. The number of nitrogens with one attached hydrogen (secondary N) is 3. The summed E-state index contributed by atoms with van der Waals surface area (Å²) in [6.07, 6.45) is 5.94. The molecule has 1 aromatic carbocycles. The van der Waals surface area contributed by atoms with E-state index in [1.54, 1.807) is 19.2 Å². The zero-order valence-corrected chi connectivity index (χ0v) is 16.1. The van der Waals surface area contributed by atoms with Crippen LogP contribution in [-0.2, 0) is 6.54 Å². The zero-order chi connectivity index (χ0) is 18.6. The maximum atomic E-state index is 11.9. The lowest BCUT2D eigenvalue weighted by molar-refractivity contribution is 0.0996. The molecule has 0 bridgehead atoms. The van der Waals surface area contributed by atoms with E-state index in [1.165, 1.54) is 18.4 Å². The van der Waals surface area contributed by atoms with E-state index >= 15 is 0 Å². The first-order valence-electron chi connectivity index (χ1n) is 8.60. The number of carbonyl (C=O) groups is 1. The number of amides is 1. The number of rotatable bonds is 9. The van der Waals surface area contributed by atoms with Crippen molar-refractivity contribution in [3.63, 3.8) is 0 Å². The van der Waals surface area contributed by atoms with Gasteiger partial charge in [0.1, 0.15) is 0 Å². The van der Waals surface area contributed by atoms with Crippen LogP contribution in [0.1, 0.15) is 29.0 Å². The van der Waals surface area contributed by atoms with Gasteiger partial charge in [0.25, 0.3) is 5.91 Å². The van der Waals surface area contributed by atoms with Crippen LogP contribution in [0.15, 0.2) is 52.1 Å². The van der Waals surface area contributed by atoms with Crippen molar-refractivity contribution in [2.45, 2.75) is 19.4 Å². The number of furan rings is 1. The molecule has 0 aliphatic carbocycles. The third-order valence-corrected chi connectivity index (χ3v) is 4.40. The second kappa shape index (κ2) is 11.3. The average Bonchev–Trinajstić information content (AvgIpc) is 3.20. The summed E-state index contributed by atoms with van der Waals surface area (Å²) in [7, 11) is 1.77. The van der Waals surface area contributed by atoms with Crippen LogP contribution in [0.25, 0.3) is 0 Å². The van der Waals surface area contributed by atoms with Gasteiger partial charge in [0, 0.05) is 25.8 Å². The number of carbonyl (C=O) groups excluding carboxylic acids is 1. The van der Waals surface area contributed by atoms with Gasteiger partial charge in [-0.25, -0.2) is 0 Å². The van der Waals surface area contributed by atoms with Crippen LogP contribution < -0.4 is 16.0 Å². The Hall–Kier alpha value is -2.41. The number of hydrogen-bond acceptors (Lipinski definition) is 4. The van der Waals surface area contributed by atoms with E-state index in [-0.39, 0.29) is 5.91 Å². The maximum absolute atomic E-state index is 11.9. The molecule has 26 heavy (non-hydrogen) atoms. The number of aliphatic imine (C=N–C) groups is 1. The third-order valence-electron chi connectivity index (χ3n) is 3.71. The quantitative estimate of drug-likeness (QED) is 0.356. The van der Waals surface area contributed by atoms with Crippen molar-refractivity contribution in [3.8, 4) is 0 Å². The fourth-order valence-electron chi connectivity index (χ4n) is 2.29. The van der Waals surface area contributed by atoms with E-state index < -0.39 is 0 Å². The SMILES string of the molecule is CN=C(NCCCCSC)NCc1ccc(NC(=O)c2ccco2)cc1. The molecule has 2 rings (SSSR count). The van der Waals surface area contributed by atoms with Crippen LogP contribution in [-0.4, -0.2) is 37.5 Å². The van der Waals surface area contributed by atoms with Gasteiger partial charge in [-0.3, -0.25) is 9.79 Å². The number of hydrogen-bond donors (Lipinski definition) is 3. The van der Waals surface area contributed by atoms with Crippen LogP contribution in [0.2, 0.25) is 0 Å². The smallest absolute Gasteiger partial charge is 0.291 e. The Morgan fingerprint density at radius 2 is 1.96 bits per heavy atom. The number of anilines is 1. The van der Waals surface area contributed by atoms with Gasteiger partial charge < -0.3 is 20.4 Å². The number of unbranched alkanes of at least 4 members (excludes halogenated alkanes) is 1. The fraction of sp³-hybridized carbons (Fsp3) is 0.368. The van der Waals surface area contributed by atoms with Gasteiger partial charge in [0.15, 0.2) is 11.7 Å². The first-order valence-corrected chi connectivity index (χ1v) is 9.99. The van der Waals surface area contributed by atoms with Crippen molar-refractivity contribution in [3.05, 3.63) is 54.0 Å². The van der Waals surface area contributed by atoms with Crippen molar-refractivity contribution in [1.29, 1.82) is 0 Å². The summed E-state index contributed by atoms with van der Waals surface area (Å²) in [6, 6.07) is 11.0. The lowest BCUT2D eigenvalue weighted by Gasteiger charge is -2.12. The Bertz CT molecular complexity index is 684. The summed E-state index contributed by atoms with van der Waals surface area (Å²) in [6.45, 7) is 1.58. The Morgan fingerprint density at radius 3 is 2.62 bits per heavy atom. The normalized spacial score (nSPS) is 11.2. The molecule has 1 aromatic heterocycles. The first kappa shape index (κ1) is 19.9. The van der Waals surface area contributed by atoms with Crippen LogP contribution in [0.5, 0.6) is 0 Å². The second-order valence-electron chi connectivity index (χ2n) is 5.68. The zero-order valence-electron chi connectivity index (χ0n) is 15.2. The van der Waals surface area contributed by atoms with Gasteiger partial charge in [-0.05, 0) is 54.7 Å². The standard InChI is InChI=1S/C19H26N4O2S/c1-20-19(21-11-3-4-13-26-2)22-14-15-7-9-16(10-8-15)23-18(24)17-6-5-12-25-17/h5-10,12H,3-4,11,13-14H2,1-2H3,(H,23,24)(H2,20,21,22). The molecule has 0 aliphatic heterocycles. The summed E-state index contributed by atoms with van der Waals surface area (Å²) >= 11 is 1.87. The molecule has 0 saturated heterocycles. The van der Waals surface area contributed by atoms with Crippen LogP contribution in [0.3, 0.4) is 0 Å². The van der Waals surface area contributed by atoms with E-state index in [0.29, 0.717) is 12.3 Å². The highest BCUT2D eigenvalue weighted by Gasteiger charge is 2.08. The van der Waals surface area contributed by atoms with Crippen LogP contribution in [0, 0.1) is 0 Å². The number of thioether (sulfide) groups is 1. The summed E-state index contributed by atoms with van der Waals surface area (Å²) in [5.41, 5.74) is 1.83. The number of guanidine groups is 1. The molecule has 0 radical (unpaired) electrons. The predicted molar refractivity (Wildman–Crippen MR) is 109 cm³/mol. The molecule has 3 N–H and O–H groups in total. The van der Waals surface area contributed by atoms with Gasteiger partial charge in [-0.1, -0.05) is 12.1 Å². The fourth-order valence-corrected chi connectivity index (χ4v) is 2.78. The minimum atomic E-state index is -0.257. The molecule has 2 aromatic rings. The summed E-state index contributed by atoms with van der Waals surface area (Å²) in [5.74, 6) is 2.02. The molecule has 0 fully saturated rings. The monoisotopic (exact) mass is 374 g/mol. The summed E-state index contributed by atoms with van der Waals surface area (Å²) in [5, 5.41) is 9.41. The van der Waals surface area contributed by atoms with Gasteiger partial charge in [-0.15, -0.1) is 0 Å². The second-order valence-corrected chi connectivity index (χ2v) is 6.67. The molecule has 0 atom stereocenters. The molecule has 0 aliphatic rings. The highest BCUT2D eigenvalue weighted by atomic mass is 32.2. The van der Waals surface area contributed by atoms with Gasteiger partial charge in [0.2, 0.25) is 0 Å². The molecule has 0 spiro atoms. The van der Waals surface area contributed by atoms with Crippen molar-refractivity contribution < 1.29 is 9.21 Å². The minimum absolute atomic E-state index is 0.257. The number of benzene rings is 1. The van der Waals surface area contributed by atoms with Gasteiger partial charge in [-0.2, -0.15) is 11.8 Å². The molecular formula is C19H26N4O2S. The van der Waals surface area contributed by atoms with E-state index in [4.69, 9.17) is 4.42 Å². The highest BCUT2D eigenvalue weighted by Crippen LogP contribution is 2.11. The largest absolute Gasteiger partial charge is 0.459 e.